The second-order valence-corrected chi connectivity index (χ2v) is 6.11. The molecule has 1 aromatic heterocycles. The fourth-order valence-electron chi connectivity index (χ4n) is 2.02. The van der Waals surface area contributed by atoms with Gasteiger partial charge in [0.05, 0.1) is 23.1 Å². The van der Waals surface area contributed by atoms with Gasteiger partial charge in [-0.1, -0.05) is 12.1 Å². The summed E-state index contributed by atoms with van der Waals surface area (Å²) in [5, 5.41) is 29.7. The van der Waals surface area contributed by atoms with Crippen LogP contribution in [0.2, 0.25) is 0 Å². The summed E-state index contributed by atoms with van der Waals surface area (Å²) in [6.45, 7) is -0.158. The summed E-state index contributed by atoms with van der Waals surface area (Å²) in [7, 11) is 0. The van der Waals surface area contributed by atoms with Gasteiger partial charge in [-0.3, -0.25) is 15.0 Å². The van der Waals surface area contributed by atoms with E-state index >= 15 is 0 Å². The van der Waals surface area contributed by atoms with Crippen LogP contribution >= 0.6 is 31.9 Å². The minimum atomic E-state index is -1.37. The molecule has 10 heteroatoms. The molecule has 0 fully saturated rings. The van der Waals surface area contributed by atoms with Gasteiger partial charge in [-0.25, -0.2) is 9.78 Å². The Balaban J connectivity index is 2.54. The maximum absolute atomic E-state index is 11.6. The molecule has 1 aromatic carbocycles. The van der Waals surface area contributed by atoms with E-state index in [2.05, 4.69) is 36.8 Å². The molecule has 0 saturated heterocycles. The number of nitro groups is 1. The standard InChI is InChI=1S/C14H8Br2N4O4/c15-11-5-10(12(20(23)24)13(16)18-11)19(14(21)22)7-9-3-1-2-8(4-9)6-17/h1-5H,7H2,(H,21,22). The number of hydrogen-bond donors (Lipinski definition) is 1. The van der Waals surface area contributed by atoms with Crippen molar-refractivity contribution in [2.24, 2.45) is 0 Å². The molecule has 1 N–H and O–H groups in total. The molecular formula is C14H8Br2N4O4. The van der Waals surface area contributed by atoms with Crippen molar-refractivity contribution in [2.45, 2.75) is 6.54 Å². The summed E-state index contributed by atoms with van der Waals surface area (Å²) >= 11 is 6.07. The number of benzene rings is 1. The molecule has 1 heterocycles. The molecular weight excluding hydrogens is 448 g/mol. The lowest BCUT2D eigenvalue weighted by Gasteiger charge is -2.20. The van der Waals surface area contributed by atoms with Crippen LogP contribution < -0.4 is 4.90 Å². The molecule has 8 nitrogen and oxygen atoms in total. The number of halogens is 2. The van der Waals surface area contributed by atoms with Crippen molar-refractivity contribution in [1.82, 2.24) is 4.98 Å². The predicted molar refractivity (Wildman–Crippen MR) is 91.7 cm³/mol. The van der Waals surface area contributed by atoms with Crippen LogP contribution in [0, 0.1) is 21.4 Å². The average molecular weight is 456 g/mol. The van der Waals surface area contributed by atoms with Crippen molar-refractivity contribution in [3.05, 3.63) is 60.8 Å². The van der Waals surface area contributed by atoms with Crippen molar-refractivity contribution < 1.29 is 14.8 Å². The van der Waals surface area contributed by atoms with Gasteiger partial charge in [0.15, 0.2) is 4.60 Å². The number of carbonyl (C=O) groups is 1. The highest BCUT2D eigenvalue weighted by Crippen LogP contribution is 2.37. The summed E-state index contributed by atoms with van der Waals surface area (Å²) in [4.78, 5) is 26.9. The first-order valence-corrected chi connectivity index (χ1v) is 7.92. The third-order valence-electron chi connectivity index (χ3n) is 3.00. The zero-order valence-corrected chi connectivity index (χ0v) is 15.0. The van der Waals surface area contributed by atoms with E-state index in [4.69, 9.17) is 5.26 Å². The van der Waals surface area contributed by atoms with Crippen LogP contribution in [0.3, 0.4) is 0 Å². The molecule has 0 atom stereocenters. The zero-order chi connectivity index (χ0) is 17.9. The molecule has 0 spiro atoms. The number of rotatable bonds is 4. The Kier molecular flexibility index (Phi) is 5.48. The second-order valence-electron chi connectivity index (χ2n) is 4.54. The highest BCUT2D eigenvalue weighted by molar-refractivity contribution is 9.11. The predicted octanol–water partition coefficient (Wildman–Crippen LogP) is 4.07. The molecule has 0 aliphatic carbocycles. The van der Waals surface area contributed by atoms with E-state index in [0.717, 1.165) is 4.90 Å². The minimum Gasteiger partial charge on any atom is -0.465 e. The fourth-order valence-corrected chi connectivity index (χ4v) is 3.19. The molecule has 0 aliphatic heterocycles. The molecule has 0 unspecified atom stereocenters. The molecule has 122 valence electrons. The van der Waals surface area contributed by atoms with E-state index < -0.39 is 16.7 Å². The number of nitriles is 1. The molecule has 1 amide bonds. The summed E-state index contributed by atoms with van der Waals surface area (Å²) in [5.41, 5.74) is 0.292. The Morgan fingerprint density at radius 2 is 2.12 bits per heavy atom. The van der Waals surface area contributed by atoms with Crippen LogP contribution in [0.4, 0.5) is 16.2 Å². The fraction of sp³-hybridized carbons (Fsp3) is 0.0714. The maximum Gasteiger partial charge on any atom is 0.412 e. The van der Waals surface area contributed by atoms with Gasteiger partial charge in [0, 0.05) is 6.07 Å². The number of carboxylic acid groups (broad SMARTS) is 1. The third-order valence-corrected chi connectivity index (χ3v) is 3.96. The highest BCUT2D eigenvalue weighted by Gasteiger charge is 2.28. The second kappa shape index (κ2) is 7.37. The van der Waals surface area contributed by atoms with Gasteiger partial charge < -0.3 is 5.11 Å². The Labute approximate surface area is 152 Å². The largest absolute Gasteiger partial charge is 0.465 e. The average Bonchev–Trinajstić information content (AvgIpc) is 2.51. The molecule has 2 rings (SSSR count). The summed E-state index contributed by atoms with van der Waals surface area (Å²) < 4.78 is 0.154. The number of nitrogens with zero attached hydrogens (tertiary/aromatic N) is 4. The quantitative estimate of drug-likeness (QED) is 0.421. The van der Waals surface area contributed by atoms with Gasteiger partial charge in [-0.2, -0.15) is 5.26 Å². The van der Waals surface area contributed by atoms with Gasteiger partial charge in [0.1, 0.15) is 10.3 Å². The van der Waals surface area contributed by atoms with Gasteiger partial charge in [0.2, 0.25) is 0 Å². The lowest BCUT2D eigenvalue weighted by molar-refractivity contribution is -0.385. The van der Waals surface area contributed by atoms with E-state index in [1.54, 1.807) is 18.2 Å². The number of pyridine rings is 1. The minimum absolute atomic E-state index is 0.0890. The summed E-state index contributed by atoms with van der Waals surface area (Å²) in [6.07, 6.45) is -1.37. The monoisotopic (exact) mass is 454 g/mol. The smallest absolute Gasteiger partial charge is 0.412 e. The van der Waals surface area contributed by atoms with Crippen molar-refractivity contribution >= 4 is 49.3 Å². The first kappa shape index (κ1) is 17.8. The third kappa shape index (κ3) is 3.87. The molecule has 0 aliphatic rings. The van der Waals surface area contributed by atoms with E-state index in [1.807, 2.05) is 6.07 Å². The lowest BCUT2D eigenvalue weighted by atomic mass is 10.1. The molecule has 0 radical (unpaired) electrons. The molecule has 24 heavy (non-hydrogen) atoms. The van der Waals surface area contributed by atoms with Gasteiger partial charge in [-0.15, -0.1) is 0 Å². The first-order valence-electron chi connectivity index (χ1n) is 6.33. The van der Waals surface area contributed by atoms with Crippen LogP contribution in [0.15, 0.2) is 39.5 Å². The Hall–Kier alpha value is -2.51. The van der Waals surface area contributed by atoms with E-state index in [-0.39, 0.29) is 21.4 Å². The summed E-state index contributed by atoms with van der Waals surface area (Å²) in [5.74, 6) is 0. The zero-order valence-electron chi connectivity index (χ0n) is 11.8. The molecule has 2 aromatic rings. The van der Waals surface area contributed by atoms with E-state index in [1.165, 1.54) is 12.1 Å². The van der Waals surface area contributed by atoms with Crippen LogP contribution in [0.5, 0.6) is 0 Å². The Morgan fingerprint density at radius 1 is 1.42 bits per heavy atom. The Morgan fingerprint density at radius 3 is 2.71 bits per heavy atom. The highest BCUT2D eigenvalue weighted by atomic mass is 79.9. The number of hydrogen-bond acceptors (Lipinski definition) is 5. The van der Waals surface area contributed by atoms with Crippen molar-refractivity contribution in [3.8, 4) is 6.07 Å². The van der Waals surface area contributed by atoms with Crippen molar-refractivity contribution in [2.75, 3.05) is 4.90 Å². The molecule has 0 bridgehead atoms. The summed E-state index contributed by atoms with van der Waals surface area (Å²) in [6, 6.07) is 9.56. The van der Waals surface area contributed by atoms with Crippen LogP contribution in [-0.4, -0.2) is 21.1 Å². The lowest BCUT2D eigenvalue weighted by Crippen LogP contribution is -2.29. The van der Waals surface area contributed by atoms with Gasteiger partial charge in [0.25, 0.3) is 0 Å². The number of amides is 1. The van der Waals surface area contributed by atoms with Gasteiger partial charge >= 0.3 is 11.8 Å². The molecule has 0 saturated carbocycles. The van der Waals surface area contributed by atoms with Crippen LogP contribution in [0.1, 0.15) is 11.1 Å². The first-order chi connectivity index (χ1) is 11.3. The van der Waals surface area contributed by atoms with Crippen molar-refractivity contribution in [3.63, 3.8) is 0 Å². The topological polar surface area (TPSA) is 120 Å². The van der Waals surface area contributed by atoms with Crippen molar-refractivity contribution in [1.29, 1.82) is 5.26 Å². The van der Waals surface area contributed by atoms with E-state index in [0.29, 0.717) is 11.1 Å². The van der Waals surface area contributed by atoms with Crippen LogP contribution in [0.25, 0.3) is 0 Å². The van der Waals surface area contributed by atoms with E-state index in [9.17, 15) is 20.0 Å². The maximum atomic E-state index is 11.6. The SMILES string of the molecule is N#Cc1cccc(CN(C(=O)O)c2cc(Br)nc(Br)c2[N+](=O)[O-])c1. The Bertz CT molecular complexity index is 866. The number of aromatic nitrogens is 1. The number of anilines is 1. The van der Waals surface area contributed by atoms with Crippen LogP contribution in [-0.2, 0) is 6.54 Å². The normalized spacial score (nSPS) is 10.0. The van der Waals surface area contributed by atoms with Gasteiger partial charge in [-0.05, 0) is 49.6 Å².